The van der Waals surface area contributed by atoms with Gasteiger partial charge in [-0.25, -0.2) is 0 Å². The van der Waals surface area contributed by atoms with Gasteiger partial charge in [-0.1, -0.05) is 236 Å². The van der Waals surface area contributed by atoms with Crippen molar-refractivity contribution in [1.29, 1.82) is 0 Å². The van der Waals surface area contributed by atoms with E-state index in [9.17, 15) is 29.4 Å². The van der Waals surface area contributed by atoms with Gasteiger partial charge in [0.15, 0.2) is 0 Å². The van der Waals surface area contributed by atoms with E-state index in [1.165, 1.54) is 0 Å². The van der Waals surface area contributed by atoms with Gasteiger partial charge in [0, 0.05) is 76.2 Å². The number of thioether (sulfide) groups is 1. The normalized spacial score (nSPS) is 12.3. The lowest BCUT2D eigenvalue weighted by atomic mass is 9.79. The minimum atomic E-state index is -0.927. The van der Waals surface area contributed by atoms with E-state index in [1.807, 2.05) is 140 Å². The van der Waals surface area contributed by atoms with Crippen LogP contribution in [0.1, 0.15) is 229 Å². The van der Waals surface area contributed by atoms with Gasteiger partial charge < -0.3 is 64.6 Å². The van der Waals surface area contributed by atoms with E-state index in [-0.39, 0.29) is 29.7 Å². The van der Waals surface area contributed by atoms with Gasteiger partial charge in [-0.15, -0.1) is 11.8 Å². The van der Waals surface area contributed by atoms with E-state index >= 15 is 0 Å². The Hall–Kier alpha value is -13.1. The van der Waals surface area contributed by atoms with Crippen LogP contribution in [0.3, 0.4) is 0 Å². The number of rotatable bonds is 51. The molecule has 6 N–H and O–H groups in total. The summed E-state index contributed by atoms with van der Waals surface area (Å²) in [6.07, 6.45) is 33.2. The molecule has 0 aromatic heterocycles. The van der Waals surface area contributed by atoms with Crippen LogP contribution in [-0.2, 0) is 68.8 Å². The highest BCUT2D eigenvalue weighted by Crippen LogP contribution is 2.50. The summed E-state index contributed by atoms with van der Waals surface area (Å²) in [5, 5.41) is 31.9. The second-order valence-corrected chi connectivity index (χ2v) is 36.9. The number of hydrogen-bond donors (Lipinski definition) is 6. The number of aliphatic hydroxyl groups excluding tert-OH is 2. The SMILES string of the molecule is CCCCCNC(=O)CCc1ccc(C(=C2C=CC(=[O+]C)C=C2)c2ccc(OC)cc2)cc1.CCCCCNC(=O)CCc1ccc(C(SCCCC(C)O)(c2ccc(OC)cc2)c2ccc(OC)cc2)cc1.CCCCNC(=O)CCc1ccc(C(=C2C=CC(=[O+]C)C=C2)c2ccc(OC)cc2)cc1.CCCCNC(=O)CCc1ccc(C(OCCC(C)O)(c2ccc(OC)cc2)c2ccc(OC)cc2)cc1. The van der Waals surface area contributed by atoms with E-state index in [0.29, 0.717) is 51.6 Å². The summed E-state index contributed by atoms with van der Waals surface area (Å²) in [7, 11) is 13.3. The second-order valence-electron chi connectivity index (χ2n) is 35.6. The molecule has 0 saturated carbocycles. The molecule has 143 heavy (non-hydrogen) atoms. The molecule has 2 unspecified atom stereocenters. The van der Waals surface area contributed by atoms with Crippen LogP contribution in [0, 0.1) is 0 Å². The lowest BCUT2D eigenvalue weighted by Crippen LogP contribution is -2.34. The van der Waals surface area contributed by atoms with Crippen LogP contribution in [0.25, 0.3) is 11.1 Å². The highest BCUT2D eigenvalue weighted by Gasteiger charge is 2.40. The first kappa shape index (κ1) is 113. The summed E-state index contributed by atoms with van der Waals surface area (Å²) < 4.78 is 49.3. The Labute approximate surface area is 854 Å². The molecule has 4 amide bonds. The lowest BCUT2D eigenvalue weighted by molar-refractivity contribution is -0.418. The van der Waals surface area contributed by atoms with Gasteiger partial charge >= 0.3 is 11.6 Å². The van der Waals surface area contributed by atoms with Crippen LogP contribution in [0.4, 0.5) is 0 Å². The Morgan fingerprint density at radius 1 is 0.315 bits per heavy atom. The van der Waals surface area contributed by atoms with Crippen molar-refractivity contribution in [3.63, 3.8) is 0 Å². The van der Waals surface area contributed by atoms with E-state index in [0.717, 1.165) is 268 Å². The Kier molecular flexibility index (Phi) is 49.5. The number of benzene rings is 10. The first-order valence-corrected chi connectivity index (χ1v) is 51.6. The van der Waals surface area contributed by atoms with Gasteiger partial charge in [-0.3, -0.25) is 28.0 Å². The van der Waals surface area contributed by atoms with Crippen LogP contribution in [0.2, 0.25) is 0 Å². The molecule has 0 aliphatic heterocycles. The molecule has 758 valence electrons. The predicted octanol–water partition coefficient (Wildman–Crippen LogP) is 23.6. The maximum absolute atomic E-state index is 12.3. The van der Waals surface area contributed by atoms with Crippen molar-refractivity contribution >= 4 is 58.1 Å². The molecule has 0 saturated heterocycles. The average molecular weight is 1960 g/mol. The summed E-state index contributed by atoms with van der Waals surface area (Å²) in [6.45, 7) is 15.5. The van der Waals surface area contributed by atoms with E-state index in [2.05, 4.69) is 219 Å². The van der Waals surface area contributed by atoms with Crippen LogP contribution in [0.5, 0.6) is 34.5 Å². The quantitative estimate of drug-likeness (QED) is 0.0118. The number of unbranched alkanes of at least 4 members (excludes halogenated alkanes) is 6. The molecule has 10 aromatic carbocycles. The fourth-order valence-corrected chi connectivity index (χ4v) is 18.2. The van der Waals surface area contributed by atoms with Gasteiger partial charge in [0.2, 0.25) is 23.6 Å². The van der Waals surface area contributed by atoms with Crippen LogP contribution in [-0.4, -0.2) is 153 Å². The molecule has 10 aromatic rings. The predicted molar refractivity (Wildman–Crippen MR) is 584 cm³/mol. The lowest BCUT2D eigenvalue weighted by Gasteiger charge is -2.36. The van der Waals surface area contributed by atoms with Gasteiger partial charge in [-0.05, 0) is 288 Å². The molecule has 0 spiro atoms. The molecule has 0 radical (unpaired) electrons. The number of aliphatic hydroxyl groups is 2. The molecule has 0 fully saturated rings. The Morgan fingerprint density at radius 3 is 0.825 bits per heavy atom. The standard InChI is InChI=1S/C34H45NO4S.C32H41NO5.C29H33NO3.C28H31NO3/c1-5-6-7-24-35-33(37)23-12-27-10-13-28(14-11-27)34(40-25-8-9-26(2)36,29-15-19-31(38-3)20-16-29)30-17-21-32(39-4)22-18-30;1-5-6-22-33-31(35)20-9-25-7-10-26(11-8-25)32(38-23-21-24(2)34,27-12-16-29(36-3)17-13-27)28-14-18-30(37-4)19-15-28;1-4-5-6-21-30-28(31)20-9-22-7-10-23(11-8-22)29(24-12-16-26(32-2)17-13-24)25-14-18-27(33-3)19-15-25;1-4-5-20-29-27(30)19-8-21-6-9-22(10-7-21)28(23-11-15-25(31-2)16-12-23)24-13-17-26(32-3)18-14-24/h10-11,13-22,26,36H,5-9,12,23-25H2,1-4H3,(H,35,37);7-8,10-19,24,34H,5-6,9,20-23H2,1-4H3,(H,33,35);7-8,10-19H,4-6,9,20-21H2,1-3H3;6-7,9-18H,4-5,8,19-20H2,1-3H3/p+2. The highest BCUT2D eigenvalue weighted by molar-refractivity contribution is 8.00. The average Bonchev–Trinajstić information content (AvgIpc) is 0.752. The third-order valence-corrected chi connectivity index (χ3v) is 26.8. The molecular weight excluding hydrogens is 1810 g/mol. The van der Waals surface area contributed by atoms with E-state index in [4.69, 9.17) is 42.0 Å². The topological polar surface area (TPSA) is 244 Å². The van der Waals surface area contributed by atoms with E-state index in [1.54, 1.807) is 63.8 Å². The summed E-state index contributed by atoms with van der Waals surface area (Å²) in [6, 6.07) is 82.6. The minimum absolute atomic E-state index is 0.0785. The number of methoxy groups -OCH3 is 6. The molecule has 19 nitrogen and oxygen atoms in total. The molecule has 20 heteroatoms. The maximum Gasteiger partial charge on any atom is 0.343 e. The van der Waals surface area contributed by atoms with Crippen molar-refractivity contribution in [3.8, 4) is 34.5 Å². The van der Waals surface area contributed by atoms with Crippen molar-refractivity contribution in [2.45, 2.75) is 199 Å². The maximum atomic E-state index is 12.3. The van der Waals surface area contributed by atoms with Crippen LogP contribution >= 0.6 is 11.8 Å². The third kappa shape index (κ3) is 36.1. The number of carbonyl (C=O) groups excluding carboxylic acids is 6. The number of amides is 4. The minimum Gasteiger partial charge on any atom is -0.497 e. The van der Waals surface area contributed by atoms with Gasteiger partial charge in [0.1, 0.15) is 40.1 Å². The summed E-state index contributed by atoms with van der Waals surface area (Å²) in [5.74, 6) is 7.77. The van der Waals surface area contributed by atoms with Crippen molar-refractivity contribution in [2.24, 2.45) is 0 Å². The highest BCUT2D eigenvalue weighted by atomic mass is 32.2. The summed E-state index contributed by atoms with van der Waals surface area (Å²) >= 11 is 1.88. The summed E-state index contributed by atoms with van der Waals surface area (Å²) in [4.78, 5) is 48.6. The molecule has 0 heterocycles. The molecule has 0 bridgehead atoms. The largest absolute Gasteiger partial charge is 0.497 e. The number of ketones is 2. The summed E-state index contributed by atoms with van der Waals surface area (Å²) in [5.41, 5.74) is 18.9. The van der Waals surface area contributed by atoms with Crippen LogP contribution in [0.15, 0.2) is 302 Å². The van der Waals surface area contributed by atoms with Gasteiger partial charge in [0.05, 0.1) is 66.2 Å². The first-order valence-electron chi connectivity index (χ1n) is 50.6. The number of carbonyl (C=O) groups is 4. The first-order chi connectivity index (χ1) is 69.6. The zero-order valence-corrected chi connectivity index (χ0v) is 87.4. The van der Waals surface area contributed by atoms with Gasteiger partial charge in [-0.2, -0.15) is 0 Å². The van der Waals surface area contributed by atoms with Crippen molar-refractivity contribution in [1.82, 2.24) is 21.3 Å². The molecule has 2 aliphatic carbocycles. The Bertz CT molecular complexity index is 5620. The van der Waals surface area contributed by atoms with Crippen molar-refractivity contribution in [2.75, 3.05) is 95.4 Å². The molecule has 12 rings (SSSR count). The third-order valence-electron chi connectivity index (χ3n) is 25.1. The van der Waals surface area contributed by atoms with E-state index < -0.39 is 16.5 Å². The zero-order valence-electron chi connectivity index (χ0n) is 86.6. The molecular formula is C123H152N4O15S+2. The van der Waals surface area contributed by atoms with Gasteiger partial charge in [0.25, 0.3) is 14.2 Å². The monoisotopic (exact) mass is 1960 g/mol. The Balaban J connectivity index is 0.000000213. The zero-order chi connectivity index (χ0) is 102. The fourth-order valence-electron chi connectivity index (χ4n) is 16.7. The number of aryl methyl sites for hydroxylation is 4. The fraction of sp³-hybridized carbons (Fsp3) is 0.366. The number of allylic oxidation sites excluding steroid dienone is 10. The number of hydrogen-bond acceptors (Lipinski definition) is 14. The number of nitrogens with one attached hydrogen (secondary N) is 4. The smallest absolute Gasteiger partial charge is 0.343 e. The van der Waals surface area contributed by atoms with Crippen molar-refractivity contribution < 1.29 is 71.4 Å². The number of ether oxygens (including phenoxy) is 7. The molecule has 2 atom stereocenters. The Morgan fingerprint density at radius 2 is 0.559 bits per heavy atom. The van der Waals surface area contributed by atoms with Crippen molar-refractivity contribution in [3.05, 3.63) is 380 Å². The molecule has 2 aliphatic rings. The second kappa shape index (κ2) is 62.3. The van der Waals surface area contributed by atoms with Crippen LogP contribution < -0.4 is 49.7 Å².